The van der Waals surface area contributed by atoms with Crippen LogP contribution in [0.5, 0.6) is 0 Å². The normalized spacial score (nSPS) is 11.0. The van der Waals surface area contributed by atoms with Crippen LogP contribution >= 0.6 is 0 Å². The molecule has 0 amide bonds. The second-order valence-electron chi connectivity index (χ2n) is 2.38. The molecule has 0 N–H and O–H groups in total. The van der Waals surface area contributed by atoms with Gasteiger partial charge in [0.1, 0.15) is 0 Å². The van der Waals surface area contributed by atoms with Crippen LogP contribution in [-0.2, 0) is 16.5 Å². The number of nitrogens with zero attached hydrogens (tertiary/aromatic N) is 1. The van der Waals surface area contributed by atoms with Crippen LogP contribution in [0.1, 0.15) is 17.9 Å². The van der Waals surface area contributed by atoms with E-state index in [4.69, 9.17) is 5.26 Å². The van der Waals surface area contributed by atoms with Crippen molar-refractivity contribution in [2.45, 2.75) is 12.3 Å². The van der Waals surface area contributed by atoms with Gasteiger partial charge in [-0.1, -0.05) is 30.3 Å². The van der Waals surface area contributed by atoms with Gasteiger partial charge in [0.05, 0.1) is 6.07 Å². The van der Waals surface area contributed by atoms with E-state index in [1.807, 2.05) is 30.3 Å². The van der Waals surface area contributed by atoms with E-state index < -0.39 is 0 Å². The van der Waals surface area contributed by atoms with Crippen molar-refractivity contribution >= 4 is 0 Å². The van der Waals surface area contributed by atoms with Gasteiger partial charge in [-0.3, -0.25) is 0 Å². The van der Waals surface area contributed by atoms with Crippen LogP contribution in [0.3, 0.4) is 0 Å². The van der Waals surface area contributed by atoms with Crippen molar-refractivity contribution in [2.24, 2.45) is 0 Å². The first-order valence-electron chi connectivity index (χ1n) is 3.62. The molecule has 0 aliphatic rings. The zero-order chi connectivity index (χ0) is 8.10. The summed E-state index contributed by atoms with van der Waals surface area (Å²) in [5, 5.41) is 8.69. The van der Waals surface area contributed by atoms with Crippen LogP contribution in [0.15, 0.2) is 30.3 Å². The number of benzene rings is 1. The Labute approximate surface area is 83.3 Å². The summed E-state index contributed by atoms with van der Waals surface area (Å²) >= 11 is 0. The summed E-state index contributed by atoms with van der Waals surface area (Å²) in [7, 11) is 0. The van der Waals surface area contributed by atoms with E-state index in [2.05, 4.69) is 13.0 Å². The van der Waals surface area contributed by atoms with Crippen molar-refractivity contribution in [2.75, 3.05) is 0 Å². The van der Waals surface area contributed by atoms with Crippen LogP contribution < -0.4 is 0 Å². The van der Waals surface area contributed by atoms with Crippen molar-refractivity contribution in [3.63, 3.8) is 0 Å². The molecule has 0 fully saturated rings. The predicted molar refractivity (Wildman–Crippen MR) is 44.8 cm³/mol. The summed E-state index contributed by atoms with van der Waals surface area (Å²) in [5.41, 5.74) is 1.06. The SMILES string of the molecule is [CH2-]CC(C#N)c1ccccc1.[Ni]. The molecule has 66 valence electrons. The van der Waals surface area contributed by atoms with Crippen LogP contribution in [0.25, 0.3) is 0 Å². The fraction of sp³-hybridized carbons (Fsp3) is 0.200. The molecule has 0 aliphatic carbocycles. The Kier molecular flexibility index (Phi) is 5.42. The minimum atomic E-state index is -0.0452. The van der Waals surface area contributed by atoms with Crippen LogP contribution in [0, 0.1) is 18.3 Å². The molecule has 0 aromatic heterocycles. The van der Waals surface area contributed by atoms with Crippen molar-refractivity contribution in [1.82, 2.24) is 0 Å². The average Bonchev–Trinajstić information content (AvgIpc) is 2.09. The summed E-state index contributed by atoms with van der Waals surface area (Å²) in [6.45, 7) is 3.71. The summed E-state index contributed by atoms with van der Waals surface area (Å²) in [5.74, 6) is -0.0452. The molecule has 0 saturated carbocycles. The Hall–Kier alpha value is -0.796. The molecule has 2 heteroatoms. The molecule has 1 aromatic rings. The Balaban J connectivity index is 0.00000121. The summed E-state index contributed by atoms with van der Waals surface area (Å²) in [6, 6.07) is 11.9. The maximum Gasteiger partial charge on any atom is 0.0676 e. The minimum Gasteiger partial charge on any atom is -0.342 e. The quantitative estimate of drug-likeness (QED) is 0.534. The van der Waals surface area contributed by atoms with Gasteiger partial charge >= 0.3 is 0 Å². The molecule has 0 bridgehead atoms. The summed E-state index contributed by atoms with van der Waals surface area (Å²) in [6.07, 6.45) is 0.639. The molecule has 1 atom stereocenters. The maximum absolute atomic E-state index is 8.69. The topological polar surface area (TPSA) is 23.8 Å². The Morgan fingerprint density at radius 3 is 2.33 bits per heavy atom. The molecular formula is C10H10NNi-. The maximum atomic E-state index is 8.69. The Bertz CT molecular complexity index is 250. The summed E-state index contributed by atoms with van der Waals surface area (Å²) in [4.78, 5) is 0. The minimum absolute atomic E-state index is 0. The van der Waals surface area contributed by atoms with Crippen LogP contribution in [0.4, 0.5) is 0 Å². The van der Waals surface area contributed by atoms with Gasteiger partial charge in [0.2, 0.25) is 0 Å². The molecule has 0 radical (unpaired) electrons. The molecule has 0 aliphatic heterocycles. The molecular weight excluding hydrogens is 193 g/mol. The summed E-state index contributed by atoms with van der Waals surface area (Å²) < 4.78 is 0. The third-order valence-electron chi connectivity index (χ3n) is 1.65. The largest absolute Gasteiger partial charge is 0.342 e. The second kappa shape index (κ2) is 5.80. The van der Waals surface area contributed by atoms with Gasteiger partial charge in [-0.15, -0.1) is 0 Å². The van der Waals surface area contributed by atoms with Crippen LogP contribution in [-0.4, -0.2) is 0 Å². The zero-order valence-electron chi connectivity index (χ0n) is 6.64. The molecule has 12 heavy (non-hydrogen) atoms. The van der Waals surface area contributed by atoms with E-state index in [0.29, 0.717) is 6.42 Å². The Morgan fingerprint density at radius 2 is 1.92 bits per heavy atom. The fourth-order valence-electron chi connectivity index (χ4n) is 0.991. The third kappa shape index (κ3) is 2.68. The monoisotopic (exact) mass is 202 g/mol. The van der Waals surface area contributed by atoms with Gasteiger partial charge in [0.15, 0.2) is 0 Å². The van der Waals surface area contributed by atoms with Crippen LogP contribution in [0.2, 0.25) is 0 Å². The molecule has 1 rings (SSSR count). The fourth-order valence-corrected chi connectivity index (χ4v) is 0.991. The first kappa shape index (κ1) is 11.2. The number of rotatable bonds is 2. The van der Waals surface area contributed by atoms with Gasteiger partial charge < -0.3 is 6.92 Å². The van der Waals surface area contributed by atoms with E-state index in [1.54, 1.807) is 0 Å². The van der Waals surface area contributed by atoms with Crippen molar-refractivity contribution in [3.05, 3.63) is 42.8 Å². The number of nitriles is 1. The Morgan fingerprint density at radius 1 is 1.33 bits per heavy atom. The zero-order valence-corrected chi connectivity index (χ0v) is 7.63. The van der Waals surface area contributed by atoms with E-state index >= 15 is 0 Å². The van der Waals surface area contributed by atoms with Gasteiger partial charge in [-0.2, -0.15) is 11.7 Å². The smallest absolute Gasteiger partial charge is 0.0676 e. The first-order chi connectivity index (χ1) is 5.38. The van der Waals surface area contributed by atoms with E-state index in [9.17, 15) is 0 Å². The molecule has 1 nitrogen and oxygen atoms in total. The van der Waals surface area contributed by atoms with Gasteiger partial charge in [0.25, 0.3) is 0 Å². The average molecular weight is 203 g/mol. The van der Waals surface area contributed by atoms with E-state index in [1.165, 1.54) is 0 Å². The van der Waals surface area contributed by atoms with Gasteiger partial charge in [0, 0.05) is 22.4 Å². The third-order valence-corrected chi connectivity index (χ3v) is 1.65. The molecule has 1 unspecified atom stereocenters. The standard InChI is InChI=1S/C10H10N.Ni/c1-2-9(8-11)10-6-4-3-5-7-10;/h3-7,9H,1-2H2;/q-1;. The number of hydrogen-bond acceptors (Lipinski definition) is 1. The van der Waals surface area contributed by atoms with Gasteiger partial charge in [-0.05, 0) is 5.56 Å². The molecule has 0 spiro atoms. The van der Waals surface area contributed by atoms with Crippen molar-refractivity contribution < 1.29 is 16.5 Å². The molecule has 0 saturated heterocycles. The second-order valence-corrected chi connectivity index (χ2v) is 2.38. The van der Waals surface area contributed by atoms with Crippen molar-refractivity contribution in [3.8, 4) is 6.07 Å². The molecule has 1 aromatic carbocycles. The van der Waals surface area contributed by atoms with Crippen molar-refractivity contribution in [1.29, 1.82) is 5.26 Å². The van der Waals surface area contributed by atoms with E-state index in [0.717, 1.165) is 5.56 Å². The number of hydrogen-bond donors (Lipinski definition) is 0. The van der Waals surface area contributed by atoms with Gasteiger partial charge in [-0.25, -0.2) is 0 Å². The predicted octanol–water partition coefficient (Wildman–Crippen LogP) is 2.52. The molecule has 0 heterocycles. The first-order valence-corrected chi connectivity index (χ1v) is 3.62. The van der Waals surface area contributed by atoms with E-state index in [-0.39, 0.29) is 22.4 Å².